The van der Waals surface area contributed by atoms with Gasteiger partial charge in [0.15, 0.2) is 0 Å². The Morgan fingerprint density at radius 1 is 1.47 bits per heavy atom. The van der Waals surface area contributed by atoms with Crippen molar-refractivity contribution in [1.82, 2.24) is 10.6 Å². The topological polar surface area (TPSA) is 87.7 Å². The molecule has 3 N–H and O–H groups in total. The lowest BCUT2D eigenvalue weighted by atomic mass is 9.76. The van der Waals surface area contributed by atoms with E-state index in [4.69, 9.17) is 9.84 Å². The summed E-state index contributed by atoms with van der Waals surface area (Å²) in [5, 5.41) is 14.6. The number of carboxylic acid groups (broad SMARTS) is 1. The summed E-state index contributed by atoms with van der Waals surface area (Å²) in [6.07, 6.45) is 3.78. The highest BCUT2D eigenvalue weighted by atomic mass is 16.5. The fraction of sp³-hybridized carbons (Fsp3) is 0.846. The molecule has 1 aliphatic rings. The van der Waals surface area contributed by atoms with Crippen LogP contribution in [0.3, 0.4) is 0 Å². The zero-order chi connectivity index (χ0) is 14.1. The van der Waals surface area contributed by atoms with Crippen LogP contribution in [0, 0.1) is 5.41 Å². The number of nitrogens with one attached hydrogen (secondary N) is 2. The fourth-order valence-electron chi connectivity index (χ4n) is 2.55. The molecule has 1 aliphatic heterocycles. The van der Waals surface area contributed by atoms with Crippen molar-refractivity contribution >= 4 is 11.9 Å². The number of carboxylic acids is 1. The van der Waals surface area contributed by atoms with Crippen molar-refractivity contribution in [3.8, 4) is 0 Å². The Morgan fingerprint density at radius 3 is 2.84 bits per heavy atom. The average Bonchev–Trinajstić information content (AvgIpc) is 2.39. The first-order chi connectivity index (χ1) is 9.10. The van der Waals surface area contributed by atoms with Crippen LogP contribution in [0.15, 0.2) is 0 Å². The minimum Gasteiger partial charge on any atom is -0.480 e. The number of carbonyl (C=O) groups excluding carboxylic acids is 1. The highest BCUT2D eigenvalue weighted by molar-refractivity contribution is 5.83. The van der Waals surface area contributed by atoms with E-state index < -0.39 is 5.97 Å². The Labute approximate surface area is 113 Å². The maximum absolute atomic E-state index is 12.3. The van der Waals surface area contributed by atoms with Gasteiger partial charge in [-0.05, 0) is 25.8 Å². The van der Waals surface area contributed by atoms with Gasteiger partial charge >= 0.3 is 5.97 Å². The molecule has 6 nitrogen and oxygen atoms in total. The summed E-state index contributed by atoms with van der Waals surface area (Å²) in [5.74, 6) is -0.939. The SMILES string of the molecule is CCCC1(C(=O)NCCOCC(=O)O)CCCNC1. The van der Waals surface area contributed by atoms with Gasteiger partial charge in [0.2, 0.25) is 5.91 Å². The Morgan fingerprint density at radius 2 is 2.26 bits per heavy atom. The molecular formula is C13H24N2O4. The molecule has 1 unspecified atom stereocenters. The quantitative estimate of drug-likeness (QED) is 0.556. The number of carbonyl (C=O) groups is 2. The molecule has 1 rings (SSSR count). The van der Waals surface area contributed by atoms with Crippen LogP contribution < -0.4 is 10.6 Å². The summed E-state index contributed by atoms with van der Waals surface area (Å²) < 4.78 is 4.90. The van der Waals surface area contributed by atoms with Crippen LogP contribution in [0.5, 0.6) is 0 Å². The minimum absolute atomic E-state index is 0.0560. The van der Waals surface area contributed by atoms with Crippen LogP contribution in [0.25, 0.3) is 0 Å². The third-order valence-electron chi connectivity index (χ3n) is 3.44. The van der Waals surface area contributed by atoms with Crippen LogP contribution in [-0.2, 0) is 14.3 Å². The van der Waals surface area contributed by atoms with Gasteiger partial charge in [0.25, 0.3) is 0 Å². The number of rotatable bonds is 8. The molecule has 1 amide bonds. The summed E-state index contributed by atoms with van der Waals surface area (Å²) >= 11 is 0. The zero-order valence-corrected chi connectivity index (χ0v) is 11.5. The first kappa shape index (κ1) is 15.9. The van der Waals surface area contributed by atoms with Gasteiger partial charge in [-0.2, -0.15) is 0 Å². The summed E-state index contributed by atoms with van der Waals surface area (Å²) in [6, 6.07) is 0. The first-order valence-electron chi connectivity index (χ1n) is 6.89. The molecule has 110 valence electrons. The second-order valence-corrected chi connectivity index (χ2v) is 5.01. The third kappa shape index (κ3) is 5.16. The molecule has 6 heteroatoms. The summed E-state index contributed by atoms with van der Waals surface area (Å²) in [4.78, 5) is 22.5. The molecule has 19 heavy (non-hydrogen) atoms. The lowest BCUT2D eigenvalue weighted by Crippen LogP contribution is -2.51. The van der Waals surface area contributed by atoms with Crippen LogP contribution >= 0.6 is 0 Å². The van der Waals surface area contributed by atoms with E-state index in [1.54, 1.807) is 0 Å². The number of aliphatic carboxylic acids is 1. The maximum atomic E-state index is 12.3. The van der Waals surface area contributed by atoms with Crippen LogP contribution in [0.2, 0.25) is 0 Å². The van der Waals surface area contributed by atoms with E-state index in [0.717, 1.165) is 38.8 Å². The standard InChI is InChI=1S/C13H24N2O4/c1-2-4-13(5-3-6-14-10-13)12(18)15-7-8-19-9-11(16)17/h14H,2-10H2,1H3,(H,15,18)(H,16,17). The summed E-state index contributed by atoms with van der Waals surface area (Å²) in [7, 11) is 0. The van der Waals surface area contributed by atoms with E-state index in [2.05, 4.69) is 17.6 Å². The molecule has 1 heterocycles. The molecule has 0 aromatic rings. The second-order valence-electron chi connectivity index (χ2n) is 5.01. The largest absolute Gasteiger partial charge is 0.480 e. The van der Waals surface area contributed by atoms with Crippen molar-refractivity contribution in [2.75, 3.05) is 32.8 Å². The maximum Gasteiger partial charge on any atom is 0.329 e. The van der Waals surface area contributed by atoms with Gasteiger partial charge in [0.05, 0.1) is 12.0 Å². The highest BCUT2D eigenvalue weighted by Gasteiger charge is 2.38. The lowest BCUT2D eigenvalue weighted by molar-refractivity contribution is -0.142. The van der Waals surface area contributed by atoms with E-state index in [9.17, 15) is 9.59 Å². The molecule has 0 aromatic carbocycles. The second kappa shape index (κ2) is 8.12. The van der Waals surface area contributed by atoms with Crippen molar-refractivity contribution < 1.29 is 19.4 Å². The van der Waals surface area contributed by atoms with E-state index in [-0.39, 0.29) is 24.5 Å². The van der Waals surface area contributed by atoms with Crippen molar-refractivity contribution in [2.24, 2.45) is 5.41 Å². The predicted octanol–water partition coefficient (Wildman–Crippen LogP) is 0.374. The van der Waals surface area contributed by atoms with E-state index >= 15 is 0 Å². The van der Waals surface area contributed by atoms with E-state index in [1.807, 2.05) is 0 Å². The summed E-state index contributed by atoms with van der Waals surface area (Å²) in [5.41, 5.74) is -0.306. The normalized spacial score (nSPS) is 23.0. The lowest BCUT2D eigenvalue weighted by Gasteiger charge is -2.36. The van der Waals surface area contributed by atoms with Gasteiger partial charge in [-0.3, -0.25) is 4.79 Å². The molecule has 1 saturated heterocycles. The van der Waals surface area contributed by atoms with Crippen LogP contribution in [-0.4, -0.2) is 49.8 Å². The predicted molar refractivity (Wildman–Crippen MR) is 70.9 cm³/mol. The number of piperidine rings is 1. The highest BCUT2D eigenvalue weighted by Crippen LogP contribution is 2.31. The minimum atomic E-state index is -0.995. The number of hydrogen-bond donors (Lipinski definition) is 3. The van der Waals surface area contributed by atoms with E-state index in [0.29, 0.717) is 6.54 Å². The molecule has 0 spiro atoms. The zero-order valence-electron chi connectivity index (χ0n) is 11.5. The van der Waals surface area contributed by atoms with Gasteiger partial charge in [-0.25, -0.2) is 4.79 Å². The van der Waals surface area contributed by atoms with E-state index in [1.165, 1.54) is 0 Å². The third-order valence-corrected chi connectivity index (χ3v) is 3.44. The van der Waals surface area contributed by atoms with Crippen molar-refractivity contribution in [3.05, 3.63) is 0 Å². The smallest absolute Gasteiger partial charge is 0.329 e. The van der Waals surface area contributed by atoms with Crippen LogP contribution in [0.1, 0.15) is 32.6 Å². The fourth-order valence-corrected chi connectivity index (χ4v) is 2.55. The average molecular weight is 272 g/mol. The number of amides is 1. The molecule has 1 fully saturated rings. The van der Waals surface area contributed by atoms with Crippen molar-refractivity contribution in [1.29, 1.82) is 0 Å². The van der Waals surface area contributed by atoms with Gasteiger partial charge in [0, 0.05) is 13.1 Å². The van der Waals surface area contributed by atoms with Crippen LogP contribution in [0.4, 0.5) is 0 Å². The van der Waals surface area contributed by atoms with Gasteiger partial charge < -0.3 is 20.5 Å². The van der Waals surface area contributed by atoms with Crippen molar-refractivity contribution in [2.45, 2.75) is 32.6 Å². The molecule has 0 aromatic heterocycles. The molecule has 0 aliphatic carbocycles. The molecule has 0 saturated carbocycles. The molecule has 0 bridgehead atoms. The Hall–Kier alpha value is -1.14. The molecule has 1 atom stereocenters. The van der Waals surface area contributed by atoms with Gasteiger partial charge in [0.1, 0.15) is 6.61 Å². The molecular weight excluding hydrogens is 248 g/mol. The van der Waals surface area contributed by atoms with Crippen molar-refractivity contribution in [3.63, 3.8) is 0 Å². The van der Waals surface area contributed by atoms with Gasteiger partial charge in [-0.1, -0.05) is 13.3 Å². The summed E-state index contributed by atoms with van der Waals surface area (Å²) in [6.45, 7) is 4.05. The number of ether oxygens (including phenoxy) is 1. The Balaban J connectivity index is 2.33. The monoisotopic (exact) mass is 272 g/mol. The molecule has 0 radical (unpaired) electrons. The Bertz CT molecular complexity index is 296. The first-order valence-corrected chi connectivity index (χ1v) is 6.89. The number of hydrogen-bond acceptors (Lipinski definition) is 4. The Kier molecular flexibility index (Phi) is 6.80. The van der Waals surface area contributed by atoms with Gasteiger partial charge in [-0.15, -0.1) is 0 Å².